The fourth-order valence-electron chi connectivity index (χ4n) is 1.95. The Morgan fingerprint density at radius 2 is 1.94 bits per heavy atom. The predicted octanol–water partition coefficient (Wildman–Crippen LogP) is 3.68. The number of unbranched alkanes of at least 4 members (excludes halogenated alkanes) is 4. The van der Waals surface area contributed by atoms with E-state index in [1.807, 2.05) is 6.07 Å². The second kappa shape index (κ2) is 8.92. The lowest BCUT2D eigenvalue weighted by Gasteiger charge is -2.11. The fourth-order valence-corrected chi connectivity index (χ4v) is 1.95. The van der Waals surface area contributed by atoms with Crippen LogP contribution in [0.1, 0.15) is 44.6 Å². The molecule has 1 aromatic rings. The molecule has 1 aromatic carbocycles. The van der Waals surface area contributed by atoms with Crippen molar-refractivity contribution >= 4 is 0 Å². The van der Waals surface area contributed by atoms with Gasteiger partial charge in [-0.3, -0.25) is 0 Å². The van der Waals surface area contributed by atoms with Gasteiger partial charge in [-0.2, -0.15) is 0 Å². The highest BCUT2D eigenvalue weighted by Crippen LogP contribution is 2.23. The molecule has 0 aliphatic carbocycles. The van der Waals surface area contributed by atoms with Gasteiger partial charge in [0, 0.05) is 0 Å². The molecule has 18 heavy (non-hydrogen) atoms. The lowest BCUT2D eigenvalue weighted by Crippen LogP contribution is -2.07. The first kappa shape index (κ1) is 15.0. The molecule has 0 saturated carbocycles. The third-order valence-electron chi connectivity index (χ3n) is 2.96. The van der Waals surface area contributed by atoms with Crippen LogP contribution in [0.4, 0.5) is 4.39 Å². The molecule has 0 atom stereocenters. The highest BCUT2D eigenvalue weighted by molar-refractivity contribution is 5.35. The van der Waals surface area contributed by atoms with E-state index < -0.39 is 0 Å². The Hall–Kier alpha value is -1.09. The number of hydrogen-bond donors (Lipinski definition) is 1. The third-order valence-corrected chi connectivity index (χ3v) is 2.96. The van der Waals surface area contributed by atoms with Crippen molar-refractivity contribution < 1.29 is 9.13 Å². The van der Waals surface area contributed by atoms with Crippen LogP contribution >= 0.6 is 0 Å². The Kier molecular flexibility index (Phi) is 7.42. The van der Waals surface area contributed by atoms with E-state index in [9.17, 15) is 4.39 Å². The van der Waals surface area contributed by atoms with Crippen molar-refractivity contribution in [2.45, 2.75) is 45.4 Å². The molecule has 0 aliphatic rings. The second-order valence-electron chi connectivity index (χ2n) is 4.53. The molecule has 0 fully saturated rings. The topological polar surface area (TPSA) is 35.2 Å². The second-order valence-corrected chi connectivity index (χ2v) is 4.53. The first-order valence-electron chi connectivity index (χ1n) is 6.89. The van der Waals surface area contributed by atoms with Gasteiger partial charge in [-0.25, -0.2) is 4.39 Å². The summed E-state index contributed by atoms with van der Waals surface area (Å²) in [6, 6.07) is 5.02. The summed E-state index contributed by atoms with van der Waals surface area (Å²) in [5.41, 5.74) is 6.38. The van der Waals surface area contributed by atoms with E-state index >= 15 is 0 Å². The Morgan fingerprint density at radius 3 is 2.67 bits per heavy atom. The fraction of sp³-hybridized carbons (Fsp3) is 0.600. The number of benzene rings is 1. The zero-order valence-electron chi connectivity index (χ0n) is 11.3. The Labute approximate surface area is 109 Å². The van der Waals surface area contributed by atoms with Crippen LogP contribution in [0, 0.1) is 5.82 Å². The molecular formula is C15H24FNO. The van der Waals surface area contributed by atoms with Crippen molar-refractivity contribution in [1.82, 2.24) is 0 Å². The maximum atomic E-state index is 13.6. The first-order valence-corrected chi connectivity index (χ1v) is 6.89. The summed E-state index contributed by atoms with van der Waals surface area (Å²) >= 11 is 0. The monoisotopic (exact) mass is 253 g/mol. The molecule has 0 heterocycles. The standard InChI is InChI=1S/C15H24FNO/c1-2-3-4-5-6-12-18-15-13(10-11-17)8-7-9-14(15)16/h7-9H,2-6,10-12,17H2,1H3. The lowest BCUT2D eigenvalue weighted by atomic mass is 10.1. The summed E-state index contributed by atoms with van der Waals surface area (Å²) in [5.74, 6) is 0.105. The highest BCUT2D eigenvalue weighted by Gasteiger charge is 2.08. The van der Waals surface area contributed by atoms with Gasteiger partial charge in [-0.15, -0.1) is 0 Å². The zero-order chi connectivity index (χ0) is 13.2. The largest absolute Gasteiger partial charge is 0.490 e. The van der Waals surface area contributed by atoms with E-state index in [1.165, 1.54) is 25.3 Å². The van der Waals surface area contributed by atoms with Crippen LogP contribution in [-0.4, -0.2) is 13.2 Å². The first-order chi connectivity index (χ1) is 8.79. The van der Waals surface area contributed by atoms with Gasteiger partial charge in [0.1, 0.15) is 0 Å². The summed E-state index contributed by atoms with van der Waals surface area (Å²) < 4.78 is 19.2. The number of hydrogen-bond acceptors (Lipinski definition) is 2. The molecule has 1 rings (SSSR count). The molecule has 2 N–H and O–H groups in total. The lowest BCUT2D eigenvalue weighted by molar-refractivity contribution is 0.287. The van der Waals surface area contributed by atoms with Crippen molar-refractivity contribution in [1.29, 1.82) is 0 Å². The molecule has 0 bridgehead atoms. The molecule has 0 spiro atoms. The third kappa shape index (κ3) is 5.05. The van der Waals surface area contributed by atoms with Crippen LogP contribution in [0.5, 0.6) is 5.75 Å². The highest BCUT2D eigenvalue weighted by atomic mass is 19.1. The summed E-state index contributed by atoms with van der Waals surface area (Å²) in [5, 5.41) is 0. The molecule has 0 amide bonds. The number of nitrogens with two attached hydrogens (primary N) is 1. The summed E-state index contributed by atoms with van der Waals surface area (Å²) in [4.78, 5) is 0. The van der Waals surface area contributed by atoms with Gasteiger partial charge in [0.25, 0.3) is 0 Å². The van der Waals surface area contributed by atoms with E-state index in [2.05, 4.69) is 6.92 Å². The summed E-state index contributed by atoms with van der Waals surface area (Å²) in [6.45, 7) is 3.29. The Bertz CT molecular complexity index is 341. The molecule has 0 saturated heterocycles. The zero-order valence-corrected chi connectivity index (χ0v) is 11.3. The summed E-state index contributed by atoms with van der Waals surface area (Å²) in [7, 11) is 0. The van der Waals surface area contributed by atoms with Crippen molar-refractivity contribution in [3.8, 4) is 5.75 Å². The summed E-state index contributed by atoms with van der Waals surface area (Å²) in [6.07, 6.45) is 6.51. The van der Waals surface area contributed by atoms with Crippen LogP contribution in [-0.2, 0) is 6.42 Å². The number of rotatable bonds is 9. The predicted molar refractivity (Wildman–Crippen MR) is 73.4 cm³/mol. The number of para-hydroxylation sites is 1. The van der Waals surface area contributed by atoms with Crippen LogP contribution in [0.15, 0.2) is 18.2 Å². The molecule has 2 nitrogen and oxygen atoms in total. The molecule has 0 radical (unpaired) electrons. The number of ether oxygens (including phenoxy) is 1. The van der Waals surface area contributed by atoms with E-state index in [4.69, 9.17) is 10.5 Å². The quantitative estimate of drug-likeness (QED) is 0.681. The van der Waals surface area contributed by atoms with Crippen molar-refractivity contribution in [2.75, 3.05) is 13.2 Å². The van der Waals surface area contributed by atoms with E-state index in [0.717, 1.165) is 18.4 Å². The van der Waals surface area contributed by atoms with Gasteiger partial charge in [0.15, 0.2) is 11.6 Å². The molecule has 102 valence electrons. The molecule has 0 aromatic heterocycles. The minimum absolute atomic E-state index is 0.283. The average molecular weight is 253 g/mol. The normalized spacial score (nSPS) is 10.6. The Morgan fingerprint density at radius 1 is 1.17 bits per heavy atom. The van der Waals surface area contributed by atoms with E-state index in [1.54, 1.807) is 6.07 Å². The van der Waals surface area contributed by atoms with Crippen LogP contribution < -0.4 is 10.5 Å². The SMILES string of the molecule is CCCCCCCOc1c(F)cccc1CCN. The van der Waals surface area contributed by atoms with Crippen LogP contribution in [0.3, 0.4) is 0 Å². The molecule has 0 unspecified atom stereocenters. The minimum Gasteiger partial charge on any atom is -0.490 e. The van der Waals surface area contributed by atoms with Crippen LogP contribution in [0.2, 0.25) is 0 Å². The molecule has 3 heteroatoms. The maximum absolute atomic E-state index is 13.6. The van der Waals surface area contributed by atoms with Crippen LogP contribution in [0.25, 0.3) is 0 Å². The van der Waals surface area contributed by atoms with Gasteiger partial charge < -0.3 is 10.5 Å². The molecular weight excluding hydrogens is 229 g/mol. The van der Waals surface area contributed by atoms with Gasteiger partial charge >= 0.3 is 0 Å². The van der Waals surface area contributed by atoms with Gasteiger partial charge in [-0.05, 0) is 31.0 Å². The van der Waals surface area contributed by atoms with Crippen molar-refractivity contribution in [2.24, 2.45) is 5.73 Å². The molecule has 0 aliphatic heterocycles. The van der Waals surface area contributed by atoms with Gasteiger partial charge in [0.2, 0.25) is 0 Å². The average Bonchev–Trinajstić information content (AvgIpc) is 2.36. The Balaban J connectivity index is 2.40. The number of halogens is 1. The van der Waals surface area contributed by atoms with Gasteiger partial charge in [-0.1, -0.05) is 44.7 Å². The smallest absolute Gasteiger partial charge is 0.165 e. The maximum Gasteiger partial charge on any atom is 0.165 e. The van der Waals surface area contributed by atoms with Crippen molar-refractivity contribution in [3.05, 3.63) is 29.6 Å². The van der Waals surface area contributed by atoms with Gasteiger partial charge in [0.05, 0.1) is 6.61 Å². The van der Waals surface area contributed by atoms with E-state index in [0.29, 0.717) is 25.3 Å². The minimum atomic E-state index is -0.283. The van der Waals surface area contributed by atoms with Crippen molar-refractivity contribution in [3.63, 3.8) is 0 Å². The van der Waals surface area contributed by atoms with E-state index in [-0.39, 0.29) is 5.82 Å².